The SMILES string of the molecule is COc1cc2c(cc1OC)N(O)CC(=NC1CCC(O)CC1)N2. The van der Waals surface area contributed by atoms with E-state index in [1.165, 1.54) is 0 Å². The van der Waals surface area contributed by atoms with Crippen LogP contribution < -0.4 is 19.9 Å². The molecule has 0 unspecified atom stereocenters. The summed E-state index contributed by atoms with van der Waals surface area (Å²) in [4.78, 5) is 4.70. The third-order valence-corrected chi connectivity index (χ3v) is 4.36. The van der Waals surface area contributed by atoms with Crippen LogP contribution in [-0.4, -0.2) is 49.1 Å². The smallest absolute Gasteiger partial charge is 0.163 e. The van der Waals surface area contributed by atoms with E-state index < -0.39 is 0 Å². The lowest BCUT2D eigenvalue weighted by atomic mass is 9.93. The molecule has 7 nitrogen and oxygen atoms in total. The zero-order chi connectivity index (χ0) is 16.4. The first-order valence-corrected chi connectivity index (χ1v) is 7.85. The van der Waals surface area contributed by atoms with E-state index in [4.69, 9.17) is 14.5 Å². The van der Waals surface area contributed by atoms with Crippen LogP contribution in [-0.2, 0) is 0 Å². The van der Waals surface area contributed by atoms with Gasteiger partial charge in [-0.1, -0.05) is 0 Å². The number of aliphatic hydroxyl groups is 1. The van der Waals surface area contributed by atoms with E-state index in [2.05, 4.69) is 5.32 Å². The summed E-state index contributed by atoms with van der Waals surface area (Å²) >= 11 is 0. The molecule has 0 bridgehead atoms. The van der Waals surface area contributed by atoms with Crippen LogP contribution in [0.4, 0.5) is 11.4 Å². The third-order valence-electron chi connectivity index (χ3n) is 4.36. The minimum atomic E-state index is -0.197. The molecule has 0 saturated heterocycles. The lowest BCUT2D eigenvalue weighted by Crippen LogP contribution is -2.37. The minimum absolute atomic E-state index is 0.191. The van der Waals surface area contributed by atoms with Gasteiger partial charge in [-0.3, -0.25) is 10.2 Å². The third kappa shape index (κ3) is 3.35. The van der Waals surface area contributed by atoms with Crippen LogP contribution >= 0.6 is 0 Å². The number of rotatable bonds is 3. The molecule has 1 heterocycles. The first-order chi connectivity index (χ1) is 11.1. The van der Waals surface area contributed by atoms with Crippen LogP contribution in [0.3, 0.4) is 0 Å². The van der Waals surface area contributed by atoms with Crippen LogP contribution in [0.25, 0.3) is 0 Å². The molecule has 1 aliphatic carbocycles. The first kappa shape index (κ1) is 15.9. The Morgan fingerprint density at radius 1 is 1.13 bits per heavy atom. The predicted octanol–water partition coefficient (Wildman–Crippen LogP) is 2.03. The molecule has 126 valence electrons. The van der Waals surface area contributed by atoms with Crippen molar-refractivity contribution >= 4 is 17.2 Å². The number of hydrogen-bond donors (Lipinski definition) is 3. The zero-order valence-corrected chi connectivity index (χ0v) is 13.5. The molecule has 0 aromatic heterocycles. The number of ether oxygens (including phenoxy) is 2. The first-order valence-electron chi connectivity index (χ1n) is 7.85. The topological polar surface area (TPSA) is 86.6 Å². The van der Waals surface area contributed by atoms with Gasteiger partial charge in [-0.2, -0.15) is 0 Å². The maximum Gasteiger partial charge on any atom is 0.163 e. The highest BCUT2D eigenvalue weighted by Crippen LogP contribution is 2.39. The number of amidine groups is 1. The van der Waals surface area contributed by atoms with Crippen LogP contribution in [0, 0.1) is 0 Å². The number of aliphatic imine (C=N–C) groups is 1. The van der Waals surface area contributed by atoms with Crippen molar-refractivity contribution in [2.45, 2.75) is 37.8 Å². The summed E-state index contributed by atoms with van der Waals surface area (Å²) in [5, 5.41) is 24.3. The number of nitrogens with zero attached hydrogens (tertiary/aromatic N) is 2. The molecule has 0 atom stereocenters. The quantitative estimate of drug-likeness (QED) is 0.790. The van der Waals surface area contributed by atoms with Gasteiger partial charge in [0.2, 0.25) is 0 Å². The maximum absolute atomic E-state index is 10.3. The van der Waals surface area contributed by atoms with Crippen LogP contribution in [0.2, 0.25) is 0 Å². The van der Waals surface area contributed by atoms with E-state index in [9.17, 15) is 10.3 Å². The largest absolute Gasteiger partial charge is 0.493 e. The fourth-order valence-corrected chi connectivity index (χ4v) is 3.08. The van der Waals surface area contributed by atoms with Crippen molar-refractivity contribution in [2.24, 2.45) is 4.99 Å². The van der Waals surface area contributed by atoms with Crippen LogP contribution in [0.1, 0.15) is 25.7 Å². The number of nitrogens with one attached hydrogen (secondary N) is 1. The monoisotopic (exact) mass is 321 g/mol. The Labute approximate surface area is 135 Å². The molecule has 7 heteroatoms. The molecule has 1 aromatic rings. The number of hydrogen-bond acceptors (Lipinski definition) is 6. The second kappa shape index (κ2) is 6.64. The molecule has 1 fully saturated rings. The van der Waals surface area contributed by atoms with E-state index in [0.717, 1.165) is 36.4 Å². The summed E-state index contributed by atoms with van der Waals surface area (Å²) in [5.41, 5.74) is 1.35. The van der Waals surface area contributed by atoms with Gasteiger partial charge in [-0.05, 0) is 25.7 Å². The summed E-state index contributed by atoms with van der Waals surface area (Å²) in [5.74, 6) is 1.87. The Balaban J connectivity index is 1.82. The van der Waals surface area contributed by atoms with E-state index in [1.54, 1.807) is 26.4 Å². The van der Waals surface area contributed by atoms with E-state index >= 15 is 0 Å². The molecule has 0 spiro atoms. The Hall–Kier alpha value is -1.99. The standard InChI is InChI=1S/C16H23N3O4/c1-22-14-7-12-13(8-15(14)23-2)19(21)9-16(18-12)17-10-3-5-11(20)6-4-10/h7-8,10-11,20-21H,3-6,9H2,1-2H3,(H,17,18). The van der Waals surface area contributed by atoms with E-state index in [1.807, 2.05) is 0 Å². The fourth-order valence-electron chi connectivity index (χ4n) is 3.08. The maximum atomic E-state index is 10.3. The number of fused-ring (bicyclic) bond motifs is 1. The van der Waals surface area contributed by atoms with Gasteiger partial charge < -0.3 is 19.9 Å². The lowest BCUT2D eigenvalue weighted by molar-refractivity contribution is 0.123. The number of anilines is 2. The van der Waals surface area contributed by atoms with Crippen molar-refractivity contribution in [3.05, 3.63) is 12.1 Å². The van der Waals surface area contributed by atoms with Gasteiger partial charge in [0, 0.05) is 12.1 Å². The average molecular weight is 321 g/mol. The summed E-state index contributed by atoms with van der Waals surface area (Å²) in [6, 6.07) is 3.71. The van der Waals surface area contributed by atoms with Gasteiger partial charge in [0.05, 0.1) is 37.7 Å². The highest BCUT2D eigenvalue weighted by molar-refractivity contribution is 6.04. The highest BCUT2D eigenvalue weighted by atomic mass is 16.5. The number of hydroxylamine groups is 1. The second-order valence-corrected chi connectivity index (χ2v) is 5.95. The summed E-state index contributed by atoms with van der Waals surface area (Å²) in [6.45, 7) is 0.293. The van der Waals surface area contributed by atoms with Gasteiger partial charge >= 0.3 is 0 Å². The molecular weight excluding hydrogens is 298 g/mol. The van der Waals surface area contributed by atoms with Crippen molar-refractivity contribution in [1.29, 1.82) is 0 Å². The van der Waals surface area contributed by atoms with Gasteiger partial charge in [-0.25, -0.2) is 5.06 Å². The van der Waals surface area contributed by atoms with E-state index in [0.29, 0.717) is 29.6 Å². The van der Waals surface area contributed by atoms with Crippen molar-refractivity contribution in [3.8, 4) is 11.5 Å². The van der Waals surface area contributed by atoms with Crippen molar-refractivity contribution in [1.82, 2.24) is 0 Å². The van der Waals surface area contributed by atoms with Gasteiger partial charge in [0.1, 0.15) is 12.4 Å². The second-order valence-electron chi connectivity index (χ2n) is 5.95. The molecule has 2 aliphatic rings. The highest BCUT2D eigenvalue weighted by Gasteiger charge is 2.25. The molecule has 3 N–H and O–H groups in total. The summed E-state index contributed by atoms with van der Waals surface area (Å²) in [7, 11) is 3.14. The minimum Gasteiger partial charge on any atom is -0.493 e. The molecule has 1 aliphatic heterocycles. The molecular formula is C16H23N3O4. The number of aliphatic hydroxyl groups excluding tert-OH is 1. The Bertz CT molecular complexity index is 597. The Morgan fingerprint density at radius 2 is 1.78 bits per heavy atom. The zero-order valence-electron chi connectivity index (χ0n) is 13.5. The van der Waals surface area contributed by atoms with Gasteiger partial charge in [-0.15, -0.1) is 0 Å². The van der Waals surface area contributed by atoms with Gasteiger partial charge in [0.25, 0.3) is 0 Å². The predicted molar refractivity (Wildman–Crippen MR) is 88.0 cm³/mol. The number of benzene rings is 1. The molecule has 1 saturated carbocycles. The van der Waals surface area contributed by atoms with Crippen LogP contribution in [0.5, 0.6) is 11.5 Å². The number of methoxy groups -OCH3 is 2. The van der Waals surface area contributed by atoms with Crippen molar-refractivity contribution in [2.75, 3.05) is 31.1 Å². The van der Waals surface area contributed by atoms with Crippen molar-refractivity contribution in [3.63, 3.8) is 0 Å². The normalized spacial score (nSPS) is 25.7. The van der Waals surface area contributed by atoms with Crippen LogP contribution in [0.15, 0.2) is 17.1 Å². The van der Waals surface area contributed by atoms with Crippen molar-refractivity contribution < 1.29 is 19.8 Å². The molecule has 23 heavy (non-hydrogen) atoms. The fraction of sp³-hybridized carbons (Fsp3) is 0.562. The van der Waals surface area contributed by atoms with Gasteiger partial charge in [0.15, 0.2) is 11.5 Å². The molecule has 0 amide bonds. The molecule has 1 aromatic carbocycles. The molecule has 3 rings (SSSR count). The average Bonchev–Trinajstić information content (AvgIpc) is 2.56. The Morgan fingerprint density at radius 3 is 2.43 bits per heavy atom. The Kier molecular flexibility index (Phi) is 4.58. The van der Waals surface area contributed by atoms with E-state index in [-0.39, 0.29) is 12.1 Å². The summed E-state index contributed by atoms with van der Waals surface area (Å²) < 4.78 is 10.6. The molecule has 0 radical (unpaired) electrons. The lowest BCUT2D eigenvalue weighted by Gasteiger charge is -2.30. The summed E-state index contributed by atoms with van der Waals surface area (Å²) in [6.07, 6.45) is 3.11.